The summed E-state index contributed by atoms with van der Waals surface area (Å²) >= 11 is 7.15. The number of halogens is 4. The maximum absolute atomic E-state index is 12.8. The largest absolute Gasteiger partial charge is 0.417 e. The lowest BCUT2D eigenvalue weighted by atomic mass is 10.2. The molecule has 0 saturated carbocycles. The fourth-order valence-corrected chi connectivity index (χ4v) is 3.12. The molecule has 6 heteroatoms. The van der Waals surface area contributed by atoms with Gasteiger partial charge >= 0.3 is 6.18 Å². The number of alkyl halides is 4. The number of benzene rings is 1. The van der Waals surface area contributed by atoms with Crippen LogP contribution < -0.4 is 0 Å². The number of piperidine rings is 1. The van der Waals surface area contributed by atoms with Crippen LogP contribution in [0.3, 0.4) is 0 Å². The highest BCUT2D eigenvalue weighted by Gasteiger charge is 2.34. The molecule has 1 nitrogen and oxygen atoms in total. The monoisotopic (exact) mass is 295 g/mol. The van der Waals surface area contributed by atoms with Crippen LogP contribution in [0.25, 0.3) is 0 Å². The molecule has 0 aliphatic carbocycles. The first kappa shape index (κ1) is 14.0. The van der Waals surface area contributed by atoms with Crippen LogP contribution in [-0.2, 0) is 6.18 Å². The number of hydrogen-bond donors (Lipinski definition) is 0. The van der Waals surface area contributed by atoms with Gasteiger partial charge in [-0.2, -0.15) is 13.2 Å². The topological polar surface area (TPSA) is 3.24 Å². The Morgan fingerprint density at radius 2 is 1.78 bits per heavy atom. The molecule has 0 atom stereocenters. The van der Waals surface area contributed by atoms with Gasteiger partial charge in [0, 0.05) is 23.4 Å². The van der Waals surface area contributed by atoms with Gasteiger partial charge in [0.15, 0.2) is 0 Å². The third-order valence-electron chi connectivity index (χ3n) is 2.80. The lowest BCUT2D eigenvalue weighted by Crippen LogP contribution is -2.29. The second-order valence-electron chi connectivity index (χ2n) is 4.19. The molecule has 2 rings (SSSR count). The van der Waals surface area contributed by atoms with Crippen LogP contribution in [0.15, 0.2) is 29.2 Å². The van der Waals surface area contributed by atoms with Crippen LogP contribution in [0.5, 0.6) is 0 Å². The van der Waals surface area contributed by atoms with Gasteiger partial charge in [-0.15, -0.1) is 11.6 Å². The molecule has 1 fully saturated rings. The number of hydrogen-bond acceptors (Lipinski definition) is 2. The average Bonchev–Trinajstić information content (AvgIpc) is 2.31. The molecule has 0 spiro atoms. The molecular weight excluding hydrogens is 283 g/mol. The Bertz CT molecular complexity index is 403. The van der Waals surface area contributed by atoms with Crippen molar-refractivity contribution in [2.24, 2.45) is 0 Å². The second-order valence-corrected chi connectivity index (χ2v) is 5.94. The van der Waals surface area contributed by atoms with E-state index >= 15 is 0 Å². The zero-order valence-corrected chi connectivity index (χ0v) is 11.2. The summed E-state index contributed by atoms with van der Waals surface area (Å²) in [4.78, 5) is 0.262. The third kappa shape index (κ3) is 3.56. The van der Waals surface area contributed by atoms with Crippen LogP contribution in [0, 0.1) is 0 Å². The standard InChI is InChI=1S/C12H13ClF3NS/c13-9-5-7-17(8-6-9)18-11-4-2-1-3-10(11)12(14,15)16/h1-4,9H,5-8H2. The highest BCUT2D eigenvalue weighted by atomic mass is 35.5. The Hall–Kier alpha value is -0.390. The predicted molar refractivity (Wildman–Crippen MR) is 67.7 cm³/mol. The van der Waals surface area contributed by atoms with Crippen LogP contribution in [0.2, 0.25) is 0 Å². The van der Waals surface area contributed by atoms with Crippen molar-refractivity contribution in [3.8, 4) is 0 Å². The van der Waals surface area contributed by atoms with E-state index in [1.807, 2.05) is 4.31 Å². The van der Waals surface area contributed by atoms with Gasteiger partial charge < -0.3 is 0 Å². The van der Waals surface area contributed by atoms with Gasteiger partial charge in [0.05, 0.1) is 5.56 Å². The molecule has 0 amide bonds. The van der Waals surface area contributed by atoms with E-state index in [2.05, 4.69) is 0 Å². The van der Waals surface area contributed by atoms with Gasteiger partial charge in [0.25, 0.3) is 0 Å². The zero-order chi connectivity index (χ0) is 13.2. The van der Waals surface area contributed by atoms with Crippen LogP contribution in [-0.4, -0.2) is 22.8 Å². The molecule has 1 aliphatic rings. The first-order valence-electron chi connectivity index (χ1n) is 5.70. The zero-order valence-electron chi connectivity index (χ0n) is 9.58. The minimum Gasteiger partial charge on any atom is -0.246 e. The predicted octanol–water partition coefficient (Wildman–Crippen LogP) is 4.42. The quantitative estimate of drug-likeness (QED) is 0.587. The second kappa shape index (κ2) is 5.72. The van der Waals surface area contributed by atoms with E-state index < -0.39 is 11.7 Å². The first-order valence-corrected chi connectivity index (χ1v) is 6.91. The van der Waals surface area contributed by atoms with Crippen molar-refractivity contribution in [2.75, 3.05) is 13.1 Å². The average molecular weight is 296 g/mol. The van der Waals surface area contributed by atoms with E-state index in [0.29, 0.717) is 0 Å². The third-order valence-corrected chi connectivity index (χ3v) is 4.42. The molecule has 0 bridgehead atoms. The van der Waals surface area contributed by atoms with Gasteiger partial charge in [-0.05, 0) is 36.9 Å². The van der Waals surface area contributed by atoms with Crippen molar-refractivity contribution in [1.29, 1.82) is 0 Å². The summed E-state index contributed by atoms with van der Waals surface area (Å²) in [5.41, 5.74) is -0.567. The van der Waals surface area contributed by atoms with Gasteiger partial charge in [-0.1, -0.05) is 12.1 Å². The molecule has 1 aliphatic heterocycles. The highest BCUT2D eigenvalue weighted by molar-refractivity contribution is 7.97. The number of rotatable bonds is 2. The summed E-state index contributed by atoms with van der Waals surface area (Å²) in [6.07, 6.45) is -2.65. The minimum atomic E-state index is -4.30. The molecule has 0 aromatic heterocycles. The van der Waals surface area contributed by atoms with E-state index in [0.717, 1.165) is 32.0 Å². The van der Waals surface area contributed by atoms with E-state index in [1.165, 1.54) is 24.1 Å². The Morgan fingerprint density at radius 1 is 1.17 bits per heavy atom. The van der Waals surface area contributed by atoms with Crippen molar-refractivity contribution < 1.29 is 13.2 Å². The molecule has 1 heterocycles. The molecule has 1 saturated heterocycles. The van der Waals surface area contributed by atoms with Crippen molar-refractivity contribution in [1.82, 2.24) is 4.31 Å². The van der Waals surface area contributed by atoms with Gasteiger partial charge in [-0.25, -0.2) is 4.31 Å². The molecule has 1 aromatic rings. The molecular formula is C12H13ClF3NS. The minimum absolute atomic E-state index is 0.153. The summed E-state index contributed by atoms with van der Waals surface area (Å²) in [5.74, 6) is 0. The normalized spacial score (nSPS) is 19.1. The lowest BCUT2D eigenvalue weighted by Gasteiger charge is -2.28. The molecule has 1 aromatic carbocycles. The summed E-state index contributed by atoms with van der Waals surface area (Å²) in [6, 6.07) is 5.68. The smallest absolute Gasteiger partial charge is 0.246 e. The molecule has 100 valence electrons. The molecule has 0 N–H and O–H groups in total. The summed E-state index contributed by atoms with van der Waals surface area (Å²) in [5, 5.41) is 0.153. The Labute approximate surface area is 113 Å². The van der Waals surface area contributed by atoms with Crippen molar-refractivity contribution in [3.05, 3.63) is 29.8 Å². The molecule has 0 unspecified atom stereocenters. The lowest BCUT2D eigenvalue weighted by molar-refractivity contribution is -0.139. The van der Waals surface area contributed by atoms with E-state index in [4.69, 9.17) is 11.6 Å². The van der Waals surface area contributed by atoms with Crippen molar-refractivity contribution >= 4 is 23.5 Å². The van der Waals surface area contributed by atoms with Crippen molar-refractivity contribution in [3.63, 3.8) is 0 Å². The van der Waals surface area contributed by atoms with E-state index in [1.54, 1.807) is 6.07 Å². The van der Waals surface area contributed by atoms with E-state index in [-0.39, 0.29) is 10.3 Å². The van der Waals surface area contributed by atoms with Gasteiger partial charge in [0.2, 0.25) is 0 Å². The summed E-state index contributed by atoms with van der Waals surface area (Å²) in [6.45, 7) is 1.45. The highest BCUT2D eigenvalue weighted by Crippen LogP contribution is 2.38. The van der Waals surface area contributed by atoms with Crippen LogP contribution >= 0.6 is 23.5 Å². The summed E-state index contributed by atoms with van der Waals surface area (Å²) in [7, 11) is 0. The fourth-order valence-electron chi connectivity index (χ4n) is 1.84. The maximum Gasteiger partial charge on any atom is 0.417 e. The van der Waals surface area contributed by atoms with E-state index in [9.17, 15) is 13.2 Å². The van der Waals surface area contributed by atoms with Gasteiger partial charge in [0.1, 0.15) is 0 Å². The Morgan fingerprint density at radius 3 is 2.39 bits per heavy atom. The Balaban J connectivity index is 2.10. The maximum atomic E-state index is 12.8. The molecule has 18 heavy (non-hydrogen) atoms. The van der Waals surface area contributed by atoms with Crippen LogP contribution in [0.1, 0.15) is 18.4 Å². The van der Waals surface area contributed by atoms with Crippen LogP contribution in [0.4, 0.5) is 13.2 Å². The fraction of sp³-hybridized carbons (Fsp3) is 0.500. The first-order chi connectivity index (χ1) is 8.47. The number of nitrogens with zero attached hydrogens (tertiary/aromatic N) is 1. The Kier molecular flexibility index (Phi) is 4.45. The summed E-state index contributed by atoms with van der Waals surface area (Å²) < 4.78 is 40.4. The van der Waals surface area contributed by atoms with Crippen molar-refractivity contribution in [2.45, 2.75) is 29.3 Å². The SMILES string of the molecule is FC(F)(F)c1ccccc1SN1CCC(Cl)CC1. The van der Waals surface area contributed by atoms with Gasteiger partial charge in [-0.3, -0.25) is 0 Å². The molecule has 0 radical (unpaired) electrons.